The molecule has 1 aromatic heterocycles. The van der Waals surface area contributed by atoms with Crippen molar-refractivity contribution >= 4 is 11.7 Å². The van der Waals surface area contributed by atoms with Gasteiger partial charge in [0.15, 0.2) is 0 Å². The van der Waals surface area contributed by atoms with E-state index in [1.54, 1.807) is 13.0 Å². The van der Waals surface area contributed by atoms with Crippen molar-refractivity contribution in [1.29, 1.82) is 0 Å². The molecule has 2 aromatic rings. The van der Waals surface area contributed by atoms with Gasteiger partial charge in [-0.1, -0.05) is 36.4 Å². The number of halogens is 6. The van der Waals surface area contributed by atoms with Gasteiger partial charge in [-0.25, -0.2) is 4.98 Å². The van der Waals surface area contributed by atoms with Crippen LogP contribution in [0.4, 0.5) is 32.2 Å². The van der Waals surface area contributed by atoms with E-state index in [0.29, 0.717) is 5.56 Å². The Kier molecular flexibility index (Phi) is 5.67. The highest BCUT2D eigenvalue weighted by Gasteiger charge is 2.72. The number of aromatic nitrogens is 1. The fourth-order valence-electron chi connectivity index (χ4n) is 2.24. The molecular weight excluding hydrogens is 376 g/mol. The molecule has 0 saturated carbocycles. The molecule has 10 heteroatoms. The van der Waals surface area contributed by atoms with Gasteiger partial charge in [0.25, 0.3) is 0 Å². The van der Waals surface area contributed by atoms with Crippen molar-refractivity contribution in [2.24, 2.45) is 0 Å². The van der Waals surface area contributed by atoms with E-state index in [4.69, 9.17) is 0 Å². The van der Waals surface area contributed by atoms with E-state index in [-0.39, 0.29) is 5.56 Å². The topological polar surface area (TPSA) is 54.0 Å². The summed E-state index contributed by atoms with van der Waals surface area (Å²) >= 11 is 0. The van der Waals surface area contributed by atoms with Crippen molar-refractivity contribution in [2.75, 3.05) is 5.32 Å². The quantitative estimate of drug-likeness (QED) is 0.599. The molecule has 0 aliphatic rings. The number of aryl methyl sites for hydroxylation is 1. The van der Waals surface area contributed by atoms with Crippen molar-refractivity contribution in [3.8, 4) is 0 Å². The fourth-order valence-corrected chi connectivity index (χ4v) is 2.24. The number of rotatable bonds is 5. The molecule has 27 heavy (non-hydrogen) atoms. The largest absolute Gasteiger partial charge is 0.439 e. The second kappa shape index (κ2) is 7.45. The van der Waals surface area contributed by atoms with E-state index < -0.39 is 36.2 Å². The van der Waals surface area contributed by atoms with Crippen LogP contribution < -0.4 is 10.6 Å². The van der Waals surface area contributed by atoms with Gasteiger partial charge in [-0.15, -0.1) is 0 Å². The SMILES string of the molecule is Cc1ccc(NC(NC(=O)Cc2ccccc2)(C(F)(F)F)C(F)(F)F)nc1. The molecule has 0 aliphatic heterocycles. The van der Waals surface area contributed by atoms with Crippen LogP contribution in [0.5, 0.6) is 0 Å². The molecule has 0 fully saturated rings. The zero-order valence-electron chi connectivity index (χ0n) is 13.9. The van der Waals surface area contributed by atoms with Gasteiger partial charge in [-0.05, 0) is 24.1 Å². The molecule has 0 bridgehead atoms. The summed E-state index contributed by atoms with van der Waals surface area (Å²) in [6.07, 6.45) is -11.3. The lowest BCUT2D eigenvalue weighted by Gasteiger charge is -2.38. The summed E-state index contributed by atoms with van der Waals surface area (Å²) in [7, 11) is 0. The van der Waals surface area contributed by atoms with Crippen molar-refractivity contribution in [2.45, 2.75) is 31.4 Å². The number of anilines is 1. The van der Waals surface area contributed by atoms with Gasteiger partial charge in [0.05, 0.1) is 6.42 Å². The van der Waals surface area contributed by atoms with Gasteiger partial charge in [-0.2, -0.15) is 26.3 Å². The van der Waals surface area contributed by atoms with Gasteiger partial charge in [0.2, 0.25) is 5.91 Å². The highest BCUT2D eigenvalue weighted by atomic mass is 19.4. The van der Waals surface area contributed by atoms with Gasteiger partial charge >= 0.3 is 18.0 Å². The van der Waals surface area contributed by atoms with Crippen molar-refractivity contribution in [1.82, 2.24) is 10.3 Å². The van der Waals surface area contributed by atoms with Crippen LogP contribution in [0.3, 0.4) is 0 Å². The molecule has 0 radical (unpaired) electrons. The second-order valence-electron chi connectivity index (χ2n) is 5.80. The first-order valence-electron chi connectivity index (χ1n) is 7.64. The van der Waals surface area contributed by atoms with Gasteiger partial charge in [-0.3, -0.25) is 4.79 Å². The van der Waals surface area contributed by atoms with Crippen molar-refractivity contribution in [3.63, 3.8) is 0 Å². The monoisotopic (exact) mass is 391 g/mol. The summed E-state index contributed by atoms with van der Waals surface area (Å²) in [5, 5.41) is 2.41. The summed E-state index contributed by atoms with van der Waals surface area (Å²) in [5.74, 6) is -2.13. The molecule has 146 valence electrons. The predicted octanol–water partition coefficient (Wildman–Crippen LogP) is 3.98. The minimum Gasteiger partial charge on any atom is -0.332 e. The summed E-state index contributed by atoms with van der Waals surface area (Å²) in [4.78, 5) is 15.5. The Morgan fingerprint density at radius 1 is 0.963 bits per heavy atom. The molecule has 0 spiro atoms. The smallest absolute Gasteiger partial charge is 0.332 e. The number of pyridine rings is 1. The Labute approximate surface area is 150 Å². The third kappa shape index (κ3) is 4.69. The van der Waals surface area contributed by atoms with E-state index in [1.807, 2.05) is 0 Å². The Morgan fingerprint density at radius 2 is 1.56 bits per heavy atom. The lowest BCUT2D eigenvalue weighted by Crippen LogP contribution is -2.72. The molecule has 0 unspecified atom stereocenters. The van der Waals surface area contributed by atoms with Crippen LogP contribution >= 0.6 is 0 Å². The molecule has 1 aromatic carbocycles. The molecule has 4 nitrogen and oxygen atoms in total. The average molecular weight is 391 g/mol. The third-order valence-electron chi connectivity index (χ3n) is 3.61. The third-order valence-corrected chi connectivity index (χ3v) is 3.61. The van der Waals surface area contributed by atoms with Crippen LogP contribution in [0.25, 0.3) is 0 Å². The normalized spacial score (nSPS) is 12.6. The number of nitrogens with one attached hydrogen (secondary N) is 2. The van der Waals surface area contributed by atoms with Crippen LogP contribution in [0.1, 0.15) is 11.1 Å². The molecule has 0 saturated heterocycles. The first-order valence-corrected chi connectivity index (χ1v) is 7.64. The molecule has 2 N–H and O–H groups in total. The number of hydrogen-bond donors (Lipinski definition) is 2. The number of benzene rings is 1. The number of hydrogen-bond acceptors (Lipinski definition) is 3. The Balaban J connectivity index is 2.38. The average Bonchev–Trinajstić information content (AvgIpc) is 2.55. The van der Waals surface area contributed by atoms with Crippen LogP contribution in [-0.2, 0) is 11.2 Å². The highest BCUT2D eigenvalue weighted by Crippen LogP contribution is 2.43. The zero-order valence-corrected chi connectivity index (χ0v) is 13.9. The van der Waals surface area contributed by atoms with Crippen LogP contribution in [0.15, 0.2) is 48.7 Å². The maximum atomic E-state index is 13.5. The minimum atomic E-state index is -5.88. The van der Waals surface area contributed by atoms with E-state index in [2.05, 4.69) is 4.98 Å². The zero-order chi connectivity index (χ0) is 20.3. The fraction of sp³-hybridized carbons (Fsp3) is 0.294. The Morgan fingerprint density at radius 3 is 2.04 bits per heavy atom. The first-order chi connectivity index (χ1) is 12.4. The molecule has 1 heterocycles. The number of amides is 1. The van der Waals surface area contributed by atoms with Crippen LogP contribution in [0, 0.1) is 6.92 Å². The summed E-state index contributed by atoms with van der Waals surface area (Å²) in [6.45, 7) is 1.57. The summed E-state index contributed by atoms with van der Waals surface area (Å²) in [6, 6.07) is 9.70. The maximum absolute atomic E-state index is 13.5. The summed E-state index contributed by atoms with van der Waals surface area (Å²) < 4.78 is 81.1. The molecule has 0 aliphatic carbocycles. The van der Waals surface area contributed by atoms with Crippen LogP contribution in [-0.4, -0.2) is 28.9 Å². The van der Waals surface area contributed by atoms with Crippen LogP contribution in [0.2, 0.25) is 0 Å². The number of nitrogens with zero attached hydrogens (tertiary/aromatic N) is 1. The minimum absolute atomic E-state index is 0.265. The van der Waals surface area contributed by atoms with Gasteiger partial charge in [0.1, 0.15) is 5.82 Å². The summed E-state index contributed by atoms with van der Waals surface area (Å²) in [5.41, 5.74) is -3.88. The number of alkyl halides is 6. The predicted molar refractivity (Wildman–Crippen MR) is 85.7 cm³/mol. The molecular formula is C17H15F6N3O. The van der Waals surface area contributed by atoms with Gasteiger partial charge < -0.3 is 10.6 Å². The van der Waals surface area contributed by atoms with Crippen molar-refractivity contribution < 1.29 is 31.1 Å². The lowest BCUT2D eigenvalue weighted by molar-refractivity contribution is -0.296. The van der Waals surface area contributed by atoms with Crippen molar-refractivity contribution in [3.05, 3.63) is 59.8 Å². The van der Waals surface area contributed by atoms with E-state index >= 15 is 0 Å². The Bertz CT molecular complexity index is 758. The van der Waals surface area contributed by atoms with E-state index in [9.17, 15) is 31.1 Å². The molecule has 2 rings (SSSR count). The lowest BCUT2D eigenvalue weighted by atomic mass is 10.1. The standard InChI is InChI=1S/C17H15F6N3O/c1-11-7-8-13(24-10-11)25-15(16(18,19)20,17(21,22)23)26-14(27)9-12-5-3-2-4-6-12/h2-8,10H,9H2,1H3,(H,24,25)(H,26,27). The van der Waals surface area contributed by atoms with Gasteiger partial charge in [0, 0.05) is 6.20 Å². The van der Waals surface area contributed by atoms with E-state index in [0.717, 1.165) is 17.6 Å². The molecule has 0 atom stereocenters. The molecule has 1 amide bonds. The first kappa shape index (κ1) is 20.5. The Hall–Kier alpha value is -2.78. The van der Waals surface area contributed by atoms with E-state index in [1.165, 1.54) is 35.6 Å². The second-order valence-corrected chi connectivity index (χ2v) is 5.80. The number of carbonyl (C=O) groups excluding carboxylic acids is 1. The maximum Gasteiger partial charge on any atom is 0.439 e. The highest BCUT2D eigenvalue weighted by molar-refractivity contribution is 5.80. The number of carbonyl (C=O) groups is 1.